The minimum atomic E-state index is -4.16. The van der Waals surface area contributed by atoms with Gasteiger partial charge in [0, 0.05) is 19.0 Å². The number of aromatic nitrogens is 3. The first-order valence-electron chi connectivity index (χ1n) is 11.6. The second kappa shape index (κ2) is 9.17. The van der Waals surface area contributed by atoms with E-state index in [4.69, 9.17) is 4.74 Å². The predicted molar refractivity (Wildman–Crippen MR) is 128 cm³/mol. The lowest BCUT2D eigenvalue weighted by Crippen LogP contribution is -2.45. The Bertz CT molecular complexity index is 1500. The van der Waals surface area contributed by atoms with Gasteiger partial charge in [-0.1, -0.05) is 24.3 Å². The molecule has 0 bridgehead atoms. The van der Waals surface area contributed by atoms with Gasteiger partial charge in [-0.3, -0.25) is 4.79 Å². The highest BCUT2D eigenvalue weighted by Gasteiger charge is 2.59. The zero-order valence-corrected chi connectivity index (χ0v) is 19.7. The predicted octanol–water partition coefficient (Wildman–Crippen LogP) is 6.38. The van der Waals surface area contributed by atoms with Gasteiger partial charge in [0.15, 0.2) is 5.75 Å². The van der Waals surface area contributed by atoms with Crippen molar-refractivity contribution in [3.8, 4) is 28.4 Å². The number of methoxy groups -OCH3 is 1. The van der Waals surface area contributed by atoms with Crippen LogP contribution in [-0.2, 0) is 0 Å². The number of para-hydroxylation sites is 1. The van der Waals surface area contributed by atoms with Crippen molar-refractivity contribution in [2.45, 2.75) is 37.0 Å². The Morgan fingerprint density at radius 3 is 2.43 bits per heavy atom. The number of alkyl halides is 4. The summed E-state index contributed by atoms with van der Waals surface area (Å²) in [6.07, 6.45) is 2.09. The number of halogens is 5. The molecular formula is C27H22F5N3O2. The quantitative estimate of drug-likeness (QED) is 0.290. The number of rotatable bonds is 5. The van der Waals surface area contributed by atoms with Gasteiger partial charge in [-0.05, 0) is 48.2 Å². The van der Waals surface area contributed by atoms with Crippen LogP contribution in [0.3, 0.4) is 0 Å². The van der Waals surface area contributed by atoms with Crippen molar-refractivity contribution in [3.63, 3.8) is 0 Å². The summed E-state index contributed by atoms with van der Waals surface area (Å²) >= 11 is 0. The van der Waals surface area contributed by atoms with E-state index in [1.54, 1.807) is 10.7 Å². The lowest BCUT2D eigenvalue weighted by atomic mass is 9.80. The minimum Gasteiger partial charge on any atom is -0.491 e. The Balaban J connectivity index is 1.55. The third kappa shape index (κ3) is 4.41. The van der Waals surface area contributed by atoms with Crippen LogP contribution in [0.2, 0.25) is 0 Å². The van der Waals surface area contributed by atoms with Gasteiger partial charge in [0.05, 0.1) is 42.1 Å². The molecule has 5 rings (SSSR count). The largest absolute Gasteiger partial charge is 0.491 e. The molecule has 2 aromatic carbocycles. The molecule has 10 heteroatoms. The number of ether oxygens (including phenoxy) is 1. The molecule has 1 aliphatic rings. The van der Waals surface area contributed by atoms with E-state index in [-0.39, 0.29) is 29.0 Å². The maximum absolute atomic E-state index is 15.3. The third-order valence-corrected chi connectivity index (χ3v) is 6.70. The normalized spacial score (nSPS) is 18.5. The first kappa shape index (κ1) is 24.7. The van der Waals surface area contributed by atoms with Gasteiger partial charge < -0.3 is 9.30 Å². The SMILES string of the molecule is COc1cn(-c2ccc(C3CCC(F)(F)C(F)(F)C3)cc2F)cc(-c2ccnn2-c2ccccc2)c1=O. The van der Waals surface area contributed by atoms with E-state index in [1.165, 1.54) is 42.4 Å². The van der Waals surface area contributed by atoms with Gasteiger partial charge in [0.1, 0.15) is 5.82 Å². The van der Waals surface area contributed by atoms with Crippen LogP contribution in [0.1, 0.15) is 30.7 Å². The molecular weight excluding hydrogens is 493 g/mol. The number of benzene rings is 2. The average molecular weight is 515 g/mol. The van der Waals surface area contributed by atoms with Gasteiger partial charge in [0.25, 0.3) is 0 Å². The van der Waals surface area contributed by atoms with Crippen LogP contribution in [0.15, 0.2) is 78.0 Å². The highest BCUT2D eigenvalue weighted by atomic mass is 19.3. The molecule has 0 N–H and O–H groups in total. The fraction of sp³-hybridized carbons (Fsp3) is 0.259. The van der Waals surface area contributed by atoms with Crippen LogP contribution in [0.25, 0.3) is 22.6 Å². The molecule has 0 spiro atoms. The summed E-state index contributed by atoms with van der Waals surface area (Å²) in [6.45, 7) is 0. The lowest BCUT2D eigenvalue weighted by molar-refractivity contribution is -0.231. The molecule has 0 saturated heterocycles. The van der Waals surface area contributed by atoms with Crippen LogP contribution in [0, 0.1) is 5.82 Å². The van der Waals surface area contributed by atoms with Crippen molar-refractivity contribution in [2.24, 2.45) is 0 Å². The van der Waals surface area contributed by atoms with Crippen molar-refractivity contribution in [1.29, 1.82) is 0 Å². The zero-order valence-electron chi connectivity index (χ0n) is 19.7. The molecule has 4 aromatic rings. The summed E-state index contributed by atoms with van der Waals surface area (Å²) in [4.78, 5) is 13.1. The molecule has 0 amide bonds. The molecule has 1 unspecified atom stereocenters. The Hall–Kier alpha value is -3.95. The van der Waals surface area contributed by atoms with Gasteiger partial charge in [-0.15, -0.1) is 0 Å². The smallest absolute Gasteiger partial charge is 0.310 e. The molecule has 0 aliphatic heterocycles. The molecule has 2 aromatic heterocycles. The monoisotopic (exact) mass is 515 g/mol. The molecule has 1 aliphatic carbocycles. The van der Waals surface area contributed by atoms with Crippen LogP contribution < -0.4 is 10.2 Å². The molecule has 1 fully saturated rings. The number of pyridine rings is 1. The maximum Gasteiger partial charge on any atom is 0.310 e. The van der Waals surface area contributed by atoms with Gasteiger partial charge in [-0.25, -0.2) is 9.07 Å². The van der Waals surface area contributed by atoms with Crippen LogP contribution >= 0.6 is 0 Å². The lowest BCUT2D eigenvalue weighted by Gasteiger charge is -2.35. The zero-order chi connectivity index (χ0) is 26.4. The molecule has 2 heterocycles. The van der Waals surface area contributed by atoms with Gasteiger partial charge in [-0.2, -0.15) is 22.7 Å². The number of nitrogens with zero attached hydrogens (tertiary/aromatic N) is 3. The maximum atomic E-state index is 15.3. The van der Waals surface area contributed by atoms with Crippen LogP contribution in [0.4, 0.5) is 22.0 Å². The average Bonchev–Trinajstić information content (AvgIpc) is 3.36. The standard InChI is InChI=1S/C27H22F5N3O2/c1-37-24-16-34(15-20(25(24)36)22-10-12-33-35(22)19-5-3-2-4-6-19)23-8-7-17(13-21(23)28)18-9-11-26(29,30)27(31,32)14-18/h2-8,10,12-13,15-16,18H,9,11,14H2,1H3. The first-order valence-corrected chi connectivity index (χ1v) is 11.6. The molecule has 1 atom stereocenters. The van der Waals surface area contributed by atoms with E-state index in [9.17, 15) is 22.4 Å². The van der Waals surface area contributed by atoms with E-state index in [1.807, 2.05) is 30.3 Å². The van der Waals surface area contributed by atoms with Crippen molar-refractivity contribution in [3.05, 3.63) is 94.8 Å². The van der Waals surface area contributed by atoms with Crippen LogP contribution in [0.5, 0.6) is 5.75 Å². The third-order valence-electron chi connectivity index (χ3n) is 6.70. The second-order valence-corrected chi connectivity index (χ2v) is 9.00. The summed E-state index contributed by atoms with van der Waals surface area (Å²) in [5, 5.41) is 4.30. The highest BCUT2D eigenvalue weighted by Crippen LogP contribution is 2.50. The summed E-state index contributed by atoms with van der Waals surface area (Å²) in [6, 6.07) is 14.7. The Kier molecular flexibility index (Phi) is 6.13. The Morgan fingerprint density at radius 1 is 1.00 bits per heavy atom. The Labute approximate surface area is 208 Å². The van der Waals surface area contributed by atoms with Crippen molar-refractivity contribution < 1.29 is 26.7 Å². The van der Waals surface area contributed by atoms with E-state index in [0.717, 1.165) is 6.07 Å². The first-order chi connectivity index (χ1) is 17.6. The number of hydrogen-bond acceptors (Lipinski definition) is 3. The van der Waals surface area contributed by atoms with Crippen LogP contribution in [-0.4, -0.2) is 33.3 Å². The fourth-order valence-electron chi connectivity index (χ4n) is 4.67. The van der Waals surface area contributed by atoms with Crippen molar-refractivity contribution >= 4 is 0 Å². The van der Waals surface area contributed by atoms with Crippen molar-refractivity contribution in [1.82, 2.24) is 14.3 Å². The molecule has 1 saturated carbocycles. The molecule has 5 nitrogen and oxygen atoms in total. The Morgan fingerprint density at radius 2 is 1.76 bits per heavy atom. The summed E-state index contributed by atoms with van der Waals surface area (Å²) in [7, 11) is 1.32. The highest BCUT2D eigenvalue weighted by molar-refractivity contribution is 5.63. The molecule has 37 heavy (non-hydrogen) atoms. The topological polar surface area (TPSA) is 49.0 Å². The van der Waals surface area contributed by atoms with Gasteiger partial charge >= 0.3 is 11.8 Å². The van der Waals surface area contributed by atoms with E-state index in [0.29, 0.717) is 11.4 Å². The minimum absolute atomic E-state index is 0.0296. The summed E-state index contributed by atoms with van der Waals surface area (Å²) < 4.78 is 78.4. The van der Waals surface area contributed by atoms with Crippen molar-refractivity contribution in [2.75, 3.05) is 7.11 Å². The summed E-state index contributed by atoms with van der Waals surface area (Å²) in [5.41, 5.74) is 1.17. The second-order valence-electron chi connectivity index (χ2n) is 9.00. The van der Waals surface area contributed by atoms with E-state index >= 15 is 4.39 Å². The number of hydrogen-bond donors (Lipinski definition) is 0. The molecule has 0 radical (unpaired) electrons. The fourth-order valence-corrected chi connectivity index (χ4v) is 4.67. The van der Waals surface area contributed by atoms with E-state index in [2.05, 4.69) is 5.10 Å². The molecule has 192 valence electrons. The summed E-state index contributed by atoms with van der Waals surface area (Å²) in [5.74, 6) is -9.94. The van der Waals surface area contributed by atoms with Gasteiger partial charge in [0.2, 0.25) is 5.43 Å². The van der Waals surface area contributed by atoms with E-state index < -0.39 is 41.9 Å².